The molecule has 1 aromatic heterocycles. The Morgan fingerprint density at radius 2 is 2.22 bits per heavy atom. The summed E-state index contributed by atoms with van der Waals surface area (Å²) in [6.07, 6.45) is 4.59. The average molecular weight is 273 g/mol. The van der Waals surface area contributed by atoms with Gasteiger partial charge in [0.25, 0.3) is 0 Å². The third kappa shape index (κ3) is 5.81. The SMILES string of the molecule is Cc1[nH]ncc1CCCNC(=O)CCS(C)(=O)=O. The third-order valence-electron chi connectivity index (χ3n) is 2.58. The van der Waals surface area contributed by atoms with Crippen molar-refractivity contribution in [2.75, 3.05) is 18.6 Å². The van der Waals surface area contributed by atoms with Gasteiger partial charge in [0.1, 0.15) is 9.84 Å². The van der Waals surface area contributed by atoms with E-state index in [1.807, 2.05) is 6.92 Å². The molecule has 0 fully saturated rings. The Labute approximate surface area is 107 Å². The highest BCUT2D eigenvalue weighted by Gasteiger charge is 2.07. The van der Waals surface area contributed by atoms with Crippen LogP contribution in [-0.4, -0.2) is 43.1 Å². The fourth-order valence-corrected chi connectivity index (χ4v) is 2.06. The highest BCUT2D eigenvalue weighted by Crippen LogP contribution is 2.04. The molecule has 0 aliphatic rings. The third-order valence-corrected chi connectivity index (χ3v) is 3.52. The summed E-state index contributed by atoms with van der Waals surface area (Å²) < 4.78 is 21.7. The minimum atomic E-state index is -3.06. The number of aromatic amines is 1. The molecule has 2 N–H and O–H groups in total. The summed E-state index contributed by atoms with van der Waals surface area (Å²) in [5.74, 6) is -0.316. The van der Waals surface area contributed by atoms with E-state index in [9.17, 15) is 13.2 Å². The van der Waals surface area contributed by atoms with Crippen LogP contribution in [0.4, 0.5) is 0 Å². The van der Waals surface area contributed by atoms with Crippen molar-refractivity contribution < 1.29 is 13.2 Å². The number of H-pyrrole nitrogens is 1. The minimum Gasteiger partial charge on any atom is -0.356 e. The number of amides is 1. The average Bonchev–Trinajstić information content (AvgIpc) is 2.67. The highest BCUT2D eigenvalue weighted by atomic mass is 32.2. The Morgan fingerprint density at radius 3 is 2.78 bits per heavy atom. The van der Waals surface area contributed by atoms with Gasteiger partial charge < -0.3 is 5.32 Å². The molecule has 1 heterocycles. The molecular weight excluding hydrogens is 254 g/mol. The Kier molecular flexibility index (Phi) is 5.33. The van der Waals surface area contributed by atoms with Gasteiger partial charge >= 0.3 is 0 Å². The lowest BCUT2D eigenvalue weighted by Gasteiger charge is -2.04. The lowest BCUT2D eigenvalue weighted by molar-refractivity contribution is -0.120. The number of sulfone groups is 1. The number of aromatic nitrogens is 2. The van der Waals surface area contributed by atoms with Crippen molar-refractivity contribution in [3.63, 3.8) is 0 Å². The number of carbonyl (C=O) groups excluding carboxylic acids is 1. The van der Waals surface area contributed by atoms with Gasteiger partial charge in [0, 0.05) is 24.9 Å². The zero-order valence-electron chi connectivity index (χ0n) is 10.7. The zero-order valence-corrected chi connectivity index (χ0v) is 11.5. The van der Waals surface area contributed by atoms with Gasteiger partial charge in [0.15, 0.2) is 0 Å². The zero-order chi connectivity index (χ0) is 13.6. The summed E-state index contributed by atoms with van der Waals surface area (Å²) in [5.41, 5.74) is 2.18. The first-order chi connectivity index (χ1) is 8.38. The van der Waals surface area contributed by atoms with Gasteiger partial charge in [-0.3, -0.25) is 9.89 Å². The van der Waals surface area contributed by atoms with E-state index in [-0.39, 0.29) is 18.1 Å². The van der Waals surface area contributed by atoms with Crippen molar-refractivity contribution in [3.05, 3.63) is 17.5 Å². The van der Waals surface area contributed by atoms with Crippen LogP contribution in [0, 0.1) is 6.92 Å². The van der Waals surface area contributed by atoms with Crippen LogP contribution in [0.5, 0.6) is 0 Å². The van der Waals surface area contributed by atoms with Crippen LogP contribution < -0.4 is 5.32 Å². The van der Waals surface area contributed by atoms with Gasteiger partial charge in [0.05, 0.1) is 11.9 Å². The molecule has 0 bridgehead atoms. The molecule has 102 valence electrons. The molecule has 0 aromatic carbocycles. The Morgan fingerprint density at radius 1 is 1.50 bits per heavy atom. The summed E-state index contributed by atoms with van der Waals surface area (Å²) in [4.78, 5) is 11.3. The van der Waals surface area contributed by atoms with Gasteiger partial charge in [-0.05, 0) is 25.3 Å². The lowest BCUT2D eigenvalue weighted by atomic mass is 10.1. The molecule has 18 heavy (non-hydrogen) atoms. The largest absolute Gasteiger partial charge is 0.356 e. The molecule has 6 nitrogen and oxygen atoms in total. The highest BCUT2D eigenvalue weighted by molar-refractivity contribution is 7.90. The van der Waals surface area contributed by atoms with Gasteiger partial charge in [-0.25, -0.2) is 8.42 Å². The maximum absolute atomic E-state index is 11.3. The Balaban J connectivity index is 2.15. The van der Waals surface area contributed by atoms with E-state index in [1.165, 1.54) is 0 Å². The van der Waals surface area contributed by atoms with E-state index in [1.54, 1.807) is 6.20 Å². The minimum absolute atomic E-state index is 0.0313. The molecule has 1 aromatic rings. The molecule has 0 spiro atoms. The first-order valence-electron chi connectivity index (χ1n) is 5.82. The summed E-state index contributed by atoms with van der Waals surface area (Å²) in [6.45, 7) is 2.50. The van der Waals surface area contributed by atoms with E-state index >= 15 is 0 Å². The Hall–Kier alpha value is -1.37. The molecule has 1 rings (SSSR count). The molecule has 0 saturated heterocycles. The van der Waals surface area contributed by atoms with Gasteiger partial charge in [-0.1, -0.05) is 0 Å². The van der Waals surface area contributed by atoms with Gasteiger partial charge in [0.2, 0.25) is 5.91 Å². The van der Waals surface area contributed by atoms with Crippen molar-refractivity contribution in [3.8, 4) is 0 Å². The van der Waals surface area contributed by atoms with E-state index in [0.29, 0.717) is 6.54 Å². The standard InChI is InChI=1S/C11H19N3O3S/c1-9-10(8-13-14-9)4-3-6-12-11(15)5-7-18(2,16)17/h8H,3-7H2,1-2H3,(H,12,15)(H,13,14). The second-order valence-corrected chi connectivity index (χ2v) is 6.61. The first-order valence-corrected chi connectivity index (χ1v) is 7.88. The number of nitrogens with zero attached hydrogens (tertiary/aromatic N) is 1. The first kappa shape index (κ1) is 14.7. The van der Waals surface area contributed by atoms with Crippen LogP contribution in [0.2, 0.25) is 0 Å². The summed E-state index contributed by atoms with van der Waals surface area (Å²) in [5, 5.41) is 9.47. The number of aryl methyl sites for hydroxylation is 2. The van der Waals surface area contributed by atoms with Crippen LogP contribution in [0.15, 0.2) is 6.20 Å². The molecule has 1 amide bonds. The van der Waals surface area contributed by atoms with Gasteiger partial charge in [-0.2, -0.15) is 5.10 Å². The van der Waals surface area contributed by atoms with E-state index in [0.717, 1.165) is 30.4 Å². The number of carbonyl (C=O) groups is 1. The van der Waals surface area contributed by atoms with Crippen LogP contribution in [-0.2, 0) is 21.1 Å². The van der Waals surface area contributed by atoms with Gasteiger partial charge in [-0.15, -0.1) is 0 Å². The summed E-state index contributed by atoms with van der Waals surface area (Å²) in [6, 6.07) is 0. The molecule has 0 unspecified atom stereocenters. The smallest absolute Gasteiger partial charge is 0.221 e. The molecular formula is C11H19N3O3S. The fraction of sp³-hybridized carbons (Fsp3) is 0.636. The van der Waals surface area contributed by atoms with Crippen molar-refractivity contribution in [1.82, 2.24) is 15.5 Å². The van der Waals surface area contributed by atoms with E-state index in [4.69, 9.17) is 0 Å². The molecule has 7 heteroatoms. The predicted octanol–water partition coefficient (Wildman–Crippen LogP) is 0.202. The number of nitrogens with one attached hydrogen (secondary N) is 2. The fourth-order valence-electron chi connectivity index (χ4n) is 1.50. The second kappa shape index (κ2) is 6.53. The number of hydrogen-bond acceptors (Lipinski definition) is 4. The molecule has 0 saturated carbocycles. The second-order valence-electron chi connectivity index (χ2n) is 4.35. The van der Waals surface area contributed by atoms with Crippen LogP contribution >= 0.6 is 0 Å². The molecule has 0 aliphatic carbocycles. The molecule has 0 aliphatic heterocycles. The van der Waals surface area contributed by atoms with E-state index in [2.05, 4.69) is 15.5 Å². The summed E-state index contributed by atoms with van der Waals surface area (Å²) in [7, 11) is -3.06. The van der Waals surface area contributed by atoms with E-state index < -0.39 is 9.84 Å². The Bertz CT molecular complexity index is 493. The summed E-state index contributed by atoms with van der Waals surface area (Å²) >= 11 is 0. The lowest BCUT2D eigenvalue weighted by Crippen LogP contribution is -2.26. The number of rotatable bonds is 7. The molecule has 0 radical (unpaired) electrons. The normalized spacial score (nSPS) is 11.4. The topological polar surface area (TPSA) is 91.9 Å². The predicted molar refractivity (Wildman–Crippen MR) is 69.0 cm³/mol. The van der Waals surface area contributed by atoms with Crippen molar-refractivity contribution >= 4 is 15.7 Å². The quantitative estimate of drug-likeness (QED) is 0.694. The van der Waals surface area contributed by atoms with Crippen LogP contribution in [0.25, 0.3) is 0 Å². The maximum atomic E-state index is 11.3. The van der Waals surface area contributed by atoms with Crippen molar-refractivity contribution in [2.24, 2.45) is 0 Å². The monoisotopic (exact) mass is 273 g/mol. The van der Waals surface area contributed by atoms with Crippen LogP contribution in [0.3, 0.4) is 0 Å². The maximum Gasteiger partial charge on any atom is 0.221 e. The van der Waals surface area contributed by atoms with Crippen molar-refractivity contribution in [1.29, 1.82) is 0 Å². The number of hydrogen-bond donors (Lipinski definition) is 2. The molecule has 0 atom stereocenters. The van der Waals surface area contributed by atoms with Crippen LogP contribution in [0.1, 0.15) is 24.1 Å². The van der Waals surface area contributed by atoms with Crippen molar-refractivity contribution in [2.45, 2.75) is 26.2 Å².